The predicted octanol–water partition coefficient (Wildman–Crippen LogP) is 2.04. The summed E-state index contributed by atoms with van der Waals surface area (Å²) in [5.41, 5.74) is 0.408. The third-order valence-corrected chi connectivity index (χ3v) is 1.50. The van der Waals surface area contributed by atoms with E-state index in [2.05, 4.69) is 5.18 Å². The van der Waals surface area contributed by atoms with Crippen LogP contribution in [-0.4, -0.2) is 5.91 Å². The van der Waals surface area contributed by atoms with Crippen LogP contribution in [0.4, 0.5) is 4.39 Å². The number of amides is 1. The van der Waals surface area contributed by atoms with Crippen molar-refractivity contribution in [3.63, 3.8) is 0 Å². The van der Waals surface area contributed by atoms with Crippen LogP contribution in [0.3, 0.4) is 0 Å². The number of carbonyl (C=O) groups excluding carboxylic acids is 1. The van der Waals surface area contributed by atoms with Crippen LogP contribution in [0, 0.1) is 17.6 Å². The van der Waals surface area contributed by atoms with Crippen LogP contribution in [0.1, 0.15) is 15.9 Å². The van der Waals surface area contributed by atoms with Crippen LogP contribution in [0.5, 0.6) is 0 Å². The average Bonchev–Trinajstić information content (AvgIpc) is 2.08. The van der Waals surface area contributed by atoms with E-state index in [0.29, 0.717) is 5.56 Å². The van der Waals surface area contributed by atoms with Gasteiger partial charge in [-0.05, 0) is 24.6 Å². The molecule has 1 amide bonds. The Bertz CT molecular complexity index is 336. The number of aryl methyl sites for hydroxylation is 1. The van der Waals surface area contributed by atoms with Crippen LogP contribution in [0.25, 0.3) is 0 Å². The molecule has 4 heteroatoms. The lowest BCUT2D eigenvalue weighted by atomic mass is 10.1. The lowest BCUT2D eigenvalue weighted by Crippen LogP contribution is -1.95. The first kappa shape index (κ1) is 8.52. The lowest BCUT2D eigenvalue weighted by molar-refractivity contribution is 0.100. The molecule has 0 heterocycles. The number of halogens is 1. The van der Waals surface area contributed by atoms with E-state index in [4.69, 9.17) is 0 Å². The molecule has 62 valence electrons. The highest BCUT2D eigenvalue weighted by atomic mass is 19.1. The minimum absolute atomic E-state index is 0.0203. The molecule has 0 fully saturated rings. The first-order chi connectivity index (χ1) is 5.65. The Kier molecular flexibility index (Phi) is 2.28. The van der Waals surface area contributed by atoms with E-state index in [0.717, 1.165) is 6.07 Å². The van der Waals surface area contributed by atoms with E-state index >= 15 is 0 Å². The van der Waals surface area contributed by atoms with Gasteiger partial charge in [0.2, 0.25) is 0 Å². The molecule has 1 aromatic rings. The molecular weight excluding hydrogens is 161 g/mol. The summed E-state index contributed by atoms with van der Waals surface area (Å²) in [4.78, 5) is 20.4. The Hall–Kier alpha value is -1.58. The van der Waals surface area contributed by atoms with Gasteiger partial charge in [-0.15, -0.1) is 4.91 Å². The van der Waals surface area contributed by atoms with Crippen molar-refractivity contribution in [3.8, 4) is 0 Å². The fourth-order valence-corrected chi connectivity index (χ4v) is 0.779. The largest absolute Gasteiger partial charge is 0.316 e. The number of hydrogen-bond donors (Lipinski definition) is 0. The van der Waals surface area contributed by atoms with Crippen LogP contribution < -0.4 is 0 Å². The molecule has 0 saturated carbocycles. The van der Waals surface area contributed by atoms with Gasteiger partial charge in [0, 0.05) is 10.7 Å². The topological polar surface area (TPSA) is 46.5 Å². The third-order valence-electron chi connectivity index (χ3n) is 1.50. The van der Waals surface area contributed by atoms with Crippen molar-refractivity contribution in [2.75, 3.05) is 0 Å². The molecular formula is C8H6FNO2. The summed E-state index contributed by atoms with van der Waals surface area (Å²) in [5.74, 6) is -1.46. The molecule has 0 atom stereocenters. The molecule has 0 spiro atoms. The Balaban J connectivity index is 3.13. The number of benzene rings is 1. The number of nitrogens with zero attached hydrogens (tertiary/aromatic N) is 1. The second-order valence-corrected chi connectivity index (χ2v) is 2.36. The molecule has 1 rings (SSSR count). The van der Waals surface area contributed by atoms with Crippen molar-refractivity contribution in [2.24, 2.45) is 5.18 Å². The van der Waals surface area contributed by atoms with Gasteiger partial charge in [-0.2, -0.15) is 0 Å². The number of rotatable bonds is 1. The summed E-state index contributed by atoms with van der Waals surface area (Å²) in [7, 11) is 0. The van der Waals surface area contributed by atoms with E-state index in [-0.39, 0.29) is 5.56 Å². The fraction of sp³-hybridized carbons (Fsp3) is 0.125. The molecule has 0 aliphatic rings. The van der Waals surface area contributed by atoms with Crippen molar-refractivity contribution in [1.82, 2.24) is 0 Å². The van der Waals surface area contributed by atoms with Gasteiger partial charge in [-0.1, -0.05) is 6.07 Å². The third kappa shape index (κ3) is 1.53. The molecule has 0 bridgehead atoms. The second-order valence-electron chi connectivity index (χ2n) is 2.36. The monoisotopic (exact) mass is 167 g/mol. The van der Waals surface area contributed by atoms with Gasteiger partial charge in [-0.3, -0.25) is 4.79 Å². The highest BCUT2D eigenvalue weighted by molar-refractivity contribution is 5.94. The first-order valence-electron chi connectivity index (χ1n) is 3.29. The Morgan fingerprint density at radius 3 is 2.67 bits per heavy atom. The smallest absolute Gasteiger partial charge is 0.263 e. The standard InChI is InChI=1S/C8H6FNO2/c1-5-2-3-6(4-7(5)9)8(11)10-12/h2-4H,1H3. The number of carbonyl (C=O) groups is 1. The summed E-state index contributed by atoms with van der Waals surface area (Å²) in [6.07, 6.45) is 0. The first-order valence-corrected chi connectivity index (χ1v) is 3.29. The maximum atomic E-state index is 12.8. The number of nitroso groups, excluding NO2 is 1. The minimum Gasteiger partial charge on any atom is -0.263 e. The van der Waals surface area contributed by atoms with Gasteiger partial charge in [0.15, 0.2) is 0 Å². The summed E-state index contributed by atoms with van der Waals surface area (Å²) >= 11 is 0. The molecule has 12 heavy (non-hydrogen) atoms. The summed E-state index contributed by atoms with van der Waals surface area (Å²) in [6.45, 7) is 1.57. The van der Waals surface area contributed by atoms with E-state index in [1.54, 1.807) is 6.92 Å². The molecule has 0 N–H and O–H groups in total. The van der Waals surface area contributed by atoms with Crippen LogP contribution in [0.15, 0.2) is 23.4 Å². The van der Waals surface area contributed by atoms with Crippen molar-refractivity contribution < 1.29 is 9.18 Å². The average molecular weight is 167 g/mol. The van der Waals surface area contributed by atoms with Crippen LogP contribution in [-0.2, 0) is 0 Å². The Labute approximate surface area is 68.2 Å². The fourth-order valence-electron chi connectivity index (χ4n) is 0.779. The van der Waals surface area contributed by atoms with Gasteiger partial charge in [0.05, 0.1) is 0 Å². The molecule has 0 aliphatic heterocycles. The van der Waals surface area contributed by atoms with E-state index in [1.165, 1.54) is 12.1 Å². The molecule has 0 unspecified atom stereocenters. The lowest BCUT2D eigenvalue weighted by Gasteiger charge is -1.96. The van der Waals surface area contributed by atoms with Crippen molar-refractivity contribution >= 4 is 5.91 Å². The van der Waals surface area contributed by atoms with E-state index < -0.39 is 11.7 Å². The Morgan fingerprint density at radius 2 is 2.17 bits per heavy atom. The molecule has 0 radical (unpaired) electrons. The van der Waals surface area contributed by atoms with Crippen molar-refractivity contribution in [2.45, 2.75) is 6.92 Å². The Morgan fingerprint density at radius 1 is 1.50 bits per heavy atom. The molecule has 0 aromatic heterocycles. The quantitative estimate of drug-likeness (QED) is 0.601. The molecule has 0 aliphatic carbocycles. The number of hydrogen-bond acceptors (Lipinski definition) is 2. The predicted molar refractivity (Wildman–Crippen MR) is 41.3 cm³/mol. The normalized spacial score (nSPS) is 9.50. The van der Waals surface area contributed by atoms with Crippen molar-refractivity contribution in [3.05, 3.63) is 40.1 Å². The second kappa shape index (κ2) is 3.21. The highest BCUT2D eigenvalue weighted by Gasteiger charge is 2.07. The van der Waals surface area contributed by atoms with Crippen LogP contribution in [0.2, 0.25) is 0 Å². The van der Waals surface area contributed by atoms with Gasteiger partial charge in [0.1, 0.15) is 5.82 Å². The maximum Gasteiger partial charge on any atom is 0.316 e. The van der Waals surface area contributed by atoms with Crippen LogP contribution >= 0.6 is 0 Å². The zero-order valence-electron chi connectivity index (χ0n) is 6.37. The minimum atomic E-state index is -0.950. The molecule has 0 saturated heterocycles. The van der Waals surface area contributed by atoms with Gasteiger partial charge >= 0.3 is 5.91 Å². The summed E-state index contributed by atoms with van der Waals surface area (Å²) in [6, 6.07) is 3.79. The van der Waals surface area contributed by atoms with Gasteiger partial charge < -0.3 is 0 Å². The molecule has 3 nitrogen and oxygen atoms in total. The van der Waals surface area contributed by atoms with Gasteiger partial charge in [-0.25, -0.2) is 4.39 Å². The van der Waals surface area contributed by atoms with E-state index in [1.807, 2.05) is 0 Å². The SMILES string of the molecule is Cc1ccc(C(=O)N=O)cc1F. The zero-order chi connectivity index (χ0) is 9.14. The summed E-state index contributed by atoms with van der Waals surface area (Å²) in [5, 5.41) is 2.17. The summed E-state index contributed by atoms with van der Waals surface area (Å²) < 4.78 is 12.8. The van der Waals surface area contributed by atoms with Gasteiger partial charge in [0.25, 0.3) is 0 Å². The van der Waals surface area contributed by atoms with Crippen molar-refractivity contribution in [1.29, 1.82) is 0 Å². The van der Waals surface area contributed by atoms with E-state index in [9.17, 15) is 14.1 Å². The zero-order valence-corrected chi connectivity index (χ0v) is 6.37. The highest BCUT2D eigenvalue weighted by Crippen LogP contribution is 2.09. The maximum absolute atomic E-state index is 12.8. The molecule has 1 aromatic carbocycles.